The Kier molecular flexibility index (Phi) is 3.56. The Hall–Kier alpha value is -2.69. The number of phenols is 1. The van der Waals surface area contributed by atoms with Gasteiger partial charge in [-0.05, 0) is 36.8 Å². The maximum Gasteiger partial charge on any atom is 0.337 e. The zero-order chi connectivity index (χ0) is 13.8. The highest BCUT2D eigenvalue weighted by Gasteiger charge is 2.08. The molecule has 2 aromatic carbocycles. The van der Waals surface area contributed by atoms with Gasteiger partial charge >= 0.3 is 5.97 Å². The molecule has 0 fully saturated rings. The van der Waals surface area contributed by atoms with Crippen molar-refractivity contribution >= 4 is 17.3 Å². The summed E-state index contributed by atoms with van der Waals surface area (Å²) in [4.78, 5) is 11.0. The van der Waals surface area contributed by atoms with E-state index in [-0.39, 0.29) is 17.0 Å². The van der Waals surface area contributed by atoms with Crippen molar-refractivity contribution in [2.75, 3.05) is 0 Å². The summed E-state index contributed by atoms with van der Waals surface area (Å²) in [5, 5.41) is 26.4. The Morgan fingerprint density at radius 3 is 2.42 bits per heavy atom. The molecule has 0 amide bonds. The Labute approximate surface area is 109 Å². The molecule has 0 bridgehead atoms. The Morgan fingerprint density at radius 2 is 1.74 bits per heavy atom. The molecule has 5 heteroatoms. The van der Waals surface area contributed by atoms with Crippen molar-refractivity contribution in [1.29, 1.82) is 0 Å². The molecule has 0 aliphatic rings. The number of aromatic hydroxyl groups is 1. The van der Waals surface area contributed by atoms with E-state index in [9.17, 15) is 9.90 Å². The molecule has 19 heavy (non-hydrogen) atoms. The van der Waals surface area contributed by atoms with Gasteiger partial charge in [0.1, 0.15) is 17.1 Å². The third-order valence-electron chi connectivity index (χ3n) is 2.53. The van der Waals surface area contributed by atoms with Crippen LogP contribution in [0.3, 0.4) is 0 Å². The van der Waals surface area contributed by atoms with Crippen molar-refractivity contribution in [1.82, 2.24) is 0 Å². The highest BCUT2D eigenvalue weighted by molar-refractivity contribution is 5.93. The first-order valence-electron chi connectivity index (χ1n) is 5.61. The summed E-state index contributed by atoms with van der Waals surface area (Å²) in [6, 6.07) is 11.3. The number of aryl methyl sites for hydroxylation is 1. The predicted molar refractivity (Wildman–Crippen MR) is 70.4 cm³/mol. The molecule has 2 aromatic rings. The normalized spacial score (nSPS) is 10.8. The number of carboxylic acids is 1. The van der Waals surface area contributed by atoms with Crippen LogP contribution >= 0.6 is 0 Å². The first-order valence-corrected chi connectivity index (χ1v) is 5.61. The zero-order valence-electron chi connectivity index (χ0n) is 10.2. The van der Waals surface area contributed by atoms with E-state index in [1.165, 1.54) is 6.07 Å². The molecule has 2 N–H and O–H groups in total. The number of rotatable bonds is 3. The number of hydrogen-bond acceptors (Lipinski definition) is 4. The smallest absolute Gasteiger partial charge is 0.337 e. The molecule has 0 spiro atoms. The fourth-order valence-corrected chi connectivity index (χ4v) is 1.57. The molecule has 2 rings (SSSR count). The summed E-state index contributed by atoms with van der Waals surface area (Å²) < 4.78 is 0. The zero-order valence-corrected chi connectivity index (χ0v) is 10.2. The fourth-order valence-electron chi connectivity index (χ4n) is 1.57. The van der Waals surface area contributed by atoms with Crippen molar-refractivity contribution in [2.24, 2.45) is 10.2 Å². The molecule has 0 aliphatic heterocycles. The lowest BCUT2D eigenvalue weighted by atomic mass is 10.2. The van der Waals surface area contributed by atoms with Gasteiger partial charge in [0.25, 0.3) is 0 Å². The van der Waals surface area contributed by atoms with Crippen LogP contribution in [0, 0.1) is 6.92 Å². The topological polar surface area (TPSA) is 82.2 Å². The number of aromatic carboxylic acids is 1. The van der Waals surface area contributed by atoms with E-state index >= 15 is 0 Å². The third kappa shape index (κ3) is 2.95. The van der Waals surface area contributed by atoms with Crippen LogP contribution in [0.2, 0.25) is 0 Å². The lowest BCUT2D eigenvalue weighted by Crippen LogP contribution is -1.95. The lowest BCUT2D eigenvalue weighted by Gasteiger charge is -2.00. The number of carboxylic acid groups (broad SMARTS) is 1. The van der Waals surface area contributed by atoms with Gasteiger partial charge in [-0.25, -0.2) is 4.79 Å². The van der Waals surface area contributed by atoms with Gasteiger partial charge in [-0.3, -0.25) is 0 Å². The summed E-state index contributed by atoms with van der Waals surface area (Å²) in [7, 11) is 0. The highest BCUT2D eigenvalue weighted by atomic mass is 16.4. The quantitative estimate of drug-likeness (QED) is 0.819. The molecule has 0 atom stereocenters. The van der Waals surface area contributed by atoms with E-state index in [1.807, 2.05) is 6.92 Å². The fraction of sp³-hybridized carbons (Fsp3) is 0.0714. The minimum absolute atomic E-state index is 0.0107. The average molecular weight is 256 g/mol. The molecular formula is C14H12N2O3. The van der Waals surface area contributed by atoms with E-state index < -0.39 is 5.97 Å². The summed E-state index contributed by atoms with van der Waals surface area (Å²) in [6.07, 6.45) is 0. The number of nitrogens with zero attached hydrogens (tertiary/aromatic N) is 2. The van der Waals surface area contributed by atoms with Gasteiger partial charge in [-0.2, -0.15) is 0 Å². The van der Waals surface area contributed by atoms with Crippen molar-refractivity contribution in [2.45, 2.75) is 6.92 Å². The van der Waals surface area contributed by atoms with E-state index in [0.29, 0.717) is 5.69 Å². The van der Waals surface area contributed by atoms with Crippen LogP contribution in [0.5, 0.6) is 5.75 Å². The summed E-state index contributed by atoms with van der Waals surface area (Å²) >= 11 is 0. The van der Waals surface area contributed by atoms with Gasteiger partial charge in [-0.1, -0.05) is 18.2 Å². The predicted octanol–water partition coefficient (Wildman–Crippen LogP) is 3.81. The molecule has 5 nitrogen and oxygen atoms in total. The van der Waals surface area contributed by atoms with E-state index in [2.05, 4.69) is 10.2 Å². The van der Waals surface area contributed by atoms with Crippen molar-refractivity contribution in [3.63, 3.8) is 0 Å². The molecule has 0 unspecified atom stereocenters. The summed E-state index contributed by atoms with van der Waals surface area (Å²) in [5.74, 6) is -1.06. The van der Waals surface area contributed by atoms with Crippen LogP contribution in [0.15, 0.2) is 52.7 Å². The molecule has 0 saturated heterocycles. The maximum absolute atomic E-state index is 11.0. The number of phenolic OH excluding ortho intramolecular Hbond substituents is 1. The molecule has 0 aliphatic carbocycles. The molecule has 0 aromatic heterocycles. The molecule has 0 saturated carbocycles. The first kappa shape index (κ1) is 12.8. The van der Waals surface area contributed by atoms with Gasteiger partial charge in [0.2, 0.25) is 0 Å². The number of azo groups is 1. The first-order chi connectivity index (χ1) is 9.08. The Morgan fingerprint density at radius 1 is 1.05 bits per heavy atom. The van der Waals surface area contributed by atoms with Crippen molar-refractivity contribution in [3.8, 4) is 5.75 Å². The summed E-state index contributed by atoms with van der Waals surface area (Å²) in [5.41, 5.74) is 1.51. The van der Waals surface area contributed by atoms with E-state index in [1.54, 1.807) is 36.4 Å². The number of hydrogen-bond donors (Lipinski definition) is 2. The van der Waals surface area contributed by atoms with Gasteiger partial charge in [0.15, 0.2) is 0 Å². The van der Waals surface area contributed by atoms with Crippen molar-refractivity contribution in [3.05, 3.63) is 53.6 Å². The molecule has 0 heterocycles. The van der Waals surface area contributed by atoms with Crippen LogP contribution < -0.4 is 0 Å². The second-order valence-corrected chi connectivity index (χ2v) is 4.01. The Bertz CT molecular complexity index is 651. The van der Waals surface area contributed by atoms with Gasteiger partial charge in [-0.15, -0.1) is 10.2 Å². The van der Waals surface area contributed by atoms with Crippen LogP contribution in [0.25, 0.3) is 0 Å². The van der Waals surface area contributed by atoms with E-state index in [0.717, 1.165) is 5.56 Å². The van der Waals surface area contributed by atoms with Crippen LogP contribution in [-0.2, 0) is 0 Å². The second kappa shape index (κ2) is 5.30. The third-order valence-corrected chi connectivity index (χ3v) is 2.53. The standard InChI is InChI=1S/C14H12N2O3/c1-9-6-7-12(13(17)8-9)16-15-11-5-3-2-4-10(11)14(18)19/h2-8,17H,1H3,(H,18,19). The van der Waals surface area contributed by atoms with Gasteiger partial charge in [0, 0.05) is 0 Å². The van der Waals surface area contributed by atoms with Crippen LogP contribution in [0.4, 0.5) is 11.4 Å². The van der Waals surface area contributed by atoms with Gasteiger partial charge in [0.05, 0.1) is 5.56 Å². The molecule has 0 radical (unpaired) electrons. The SMILES string of the molecule is Cc1ccc(N=Nc2ccccc2C(=O)O)c(O)c1. The van der Waals surface area contributed by atoms with E-state index in [4.69, 9.17) is 5.11 Å². The lowest BCUT2D eigenvalue weighted by molar-refractivity contribution is 0.0698. The minimum atomic E-state index is -1.07. The number of carbonyl (C=O) groups is 1. The molecule has 96 valence electrons. The van der Waals surface area contributed by atoms with Crippen molar-refractivity contribution < 1.29 is 15.0 Å². The minimum Gasteiger partial charge on any atom is -0.506 e. The average Bonchev–Trinajstić information content (AvgIpc) is 2.38. The van der Waals surface area contributed by atoms with Crippen LogP contribution in [-0.4, -0.2) is 16.2 Å². The largest absolute Gasteiger partial charge is 0.506 e. The van der Waals surface area contributed by atoms with Crippen LogP contribution in [0.1, 0.15) is 15.9 Å². The Balaban J connectivity index is 2.35. The second-order valence-electron chi connectivity index (χ2n) is 4.01. The maximum atomic E-state index is 11.0. The highest BCUT2D eigenvalue weighted by Crippen LogP contribution is 2.29. The molecular weight excluding hydrogens is 244 g/mol. The number of benzene rings is 2. The van der Waals surface area contributed by atoms with Gasteiger partial charge < -0.3 is 10.2 Å². The monoisotopic (exact) mass is 256 g/mol. The summed E-state index contributed by atoms with van der Waals surface area (Å²) in [6.45, 7) is 1.85.